The highest BCUT2D eigenvalue weighted by molar-refractivity contribution is 5.62. The zero-order valence-electron chi connectivity index (χ0n) is 11.4. The minimum Gasteiger partial charge on any atom is -0.481 e. The van der Waals surface area contributed by atoms with Crippen LogP contribution in [-0.2, 0) is 0 Å². The summed E-state index contributed by atoms with van der Waals surface area (Å²) in [5.74, 6) is 1.37. The van der Waals surface area contributed by atoms with Crippen molar-refractivity contribution >= 4 is 11.5 Å². The third kappa shape index (κ3) is 2.61. The Balaban J connectivity index is 1.68. The Morgan fingerprint density at radius 3 is 3.11 bits per heavy atom. The summed E-state index contributed by atoms with van der Waals surface area (Å²) in [5.41, 5.74) is 6.67. The van der Waals surface area contributed by atoms with Gasteiger partial charge in [-0.1, -0.05) is 0 Å². The lowest BCUT2D eigenvalue weighted by molar-refractivity contribution is 0.188. The standard InChI is InChI=1S/C14H22N4O/c1-19-13-5-4-12(15)14(17-13)16-10-6-8-18-7-2-3-11(18)9-10/h4-5,10-11H,2-3,6-9,15H2,1H3,(H,16,17). The minimum absolute atomic E-state index is 0.473. The molecule has 104 valence electrons. The van der Waals surface area contributed by atoms with E-state index in [1.807, 2.05) is 6.07 Å². The predicted octanol–water partition coefficient (Wildman–Crippen LogP) is 1.71. The lowest BCUT2D eigenvalue weighted by Gasteiger charge is -2.35. The second-order valence-corrected chi connectivity index (χ2v) is 5.49. The molecular formula is C14H22N4O. The summed E-state index contributed by atoms with van der Waals surface area (Å²) in [4.78, 5) is 7.01. The molecule has 1 aromatic rings. The Bertz CT molecular complexity index is 451. The molecule has 3 heterocycles. The van der Waals surface area contributed by atoms with Gasteiger partial charge in [-0.25, -0.2) is 0 Å². The second-order valence-electron chi connectivity index (χ2n) is 5.49. The summed E-state index contributed by atoms with van der Waals surface area (Å²) in [6, 6.07) is 4.86. The van der Waals surface area contributed by atoms with E-state index >= 15 is 0 Å². The molecule has 0 aromatic carbocycles. The molecule has 0 spiro atoms. The van der Waals surface area contributed by atoms with Crippen molar-refractivity contribution in [1.82, 2.24) is 9.88 Å². The first-order valence-electron chi connectivity index (χ1n) is 7.07. The van der Waals surface area contributed by atoms with E-state index < -0.39 is 0 Å². The van der Waals surface area contributed by atoms with Crippen LogP contribution in [0.1, 0.15) is 25.7 Å². The van der Waals surface area contributed by atoms with E-state index in [0.29, 0.717) is 17.6 Å². The van der Waals surface area contributed by atoms with Crippen molar-refractivity contribution in [3.05, 3.63) is 12.1 Å². The molecule has 2 aliphatic rings. The molecule has 0 radical (unpaired) electrons. The normalized spacial score (nSPS) is 27.0. The van der Waals surface area contributed by atoms with Crippen LogP contribution in [0.4, 0.5) is 11.5 Å². The number of rotatable bonds is 3. The lowest BCUT2D eigenvalue weighted by atomic mass is 9.97. The van der Waals surface area contributed by atoms with E-state index in [4.69, 9.17) is 10.5 Å². The Hall–Kier alpha value is -1.49. The summed E-state index contributed by atoms with van der Waals surface area (Å²) in [6.45, 7) is 2.46. The number of hydrogen-bond acceptors (Lipinski definition) is 5. The maximum atomic E-state index is 5.98. The smallest absolute Gasteiger partial charge is 0.215 e. The maximum absolute atomic E-state index is 5.98. The first-order valence-corrected chi connectivity index (χ1v) is 7.07. The van der Waals surface area contributed by atoms with E-state index in [2.05, 4.69) is 15.2 Å². The van der Waals surface area contributed by atoms with Crippen LogP contribution >= 0.6 is 0 Å². The van der Waals surface area contributed by atoms with Gasteiger partial charge in [0.25, 0.3) is 0 Å². The highest BCUT2D eigenvalue weighted by Gasteiger charge is 2.31. The summed E-state index contributed by atoms with van der Waals surface area (Å²) in [6.07, 6.45) is 5.03. The molecule has 5 heteroatoms. The summed E-state index contributed by atoms with van der Waals surface area (Å²) < 4.78 is 5.15. The second kappa shape index (κ2) is 5.25. The number of nitrogens with one attached hydrogen (secondary N) is 1. The van der Waals surface area contributed by atoms with Crippen molar-refractivity contribution in [3.63, 3.8) is 0 Å². The number of aromatic nitrogens is 1. The van der Waals surface area contributed by atoms with Gasteiger partial charge in [0.1, 0.15) is 0 Å². The molecule has 5 nitrogen and oxygen atoms in total. The number of nitrogens with two attached hydrogens (primary N) is 1. The topological polar surface area (TPSA) is 63.4 Å². The third-order valence-electron chi connectivity index (χ3n) is 4.27. The average Bonchev–Trinajstić information content (AvgIpc) is 2.89. The van der Waals surface area contributed by atoms with Crippen LogP contribution in [0, 0.1) is 0 Å². The summed E-state index contributed by atoms with van der Waals surface area (Å²) in [5, 5.41) is 3.49. The van der Waals surface area contributed by atoms with Crippen molar-refractivity contribution in [1.29, 1.82) is 0 Å². The molecule has 19 heavy (non-hydrogen) atoms. The van der Waals surface area contributed by atoms with Crippen molar-refractivity contribution < 1.29 is 4.74 Å². The fourth-order valence-electron chi connectivity index (χ4n) is 3.23. The van der Waals surface area contributed by atoms with Gasteiger partial charge < -0.3 is 20.7 Å². The molecule has 2 unspecified atom stereocenters. The molecule has 0 aliphatic carbocycles. The Morgan fingerprint density at radius 1 is 1.37 bits per heavy atom. The number of hydrogen-bond donors (Lipinski definition) is 2. The number of fused-ring (bicyclic) bond motifs is 1. The molecular weight excluding hydrogens is 240 g/mol. The van der Waals surface area contributed by atoms with E-state index in [1.54, 1.807) is 13.2 Å². The highest BCUT2D eigenvalue weighted by Crippen LogP contribution is 2.29. The molecule has 2 atom stereocenters. The van der Waals surface area contributed by atoms with E-state index in [9.17, 15) is 0 Å². The van der Waals surface area contributed by atoms with Gasteiger partial charge in [0, 0.05) is 24.7 Å². The van der Waals surface area contributed by atoms with Gasteiger partial charge in [-0.15, -0.1) is 0 Å². The minimum atomic E-state index is 0.473. The average molecular weight is 262 g/mol. The van der Waals surface area contributed by atoms with Crippen molar-refractivity contribution in [2.24, 2.45) is 0 Å². The van der Waals surface area contributed by atoms with E-state index in [-0.39, 0.29) is 0 Å². The van der Waals surface area contributed by atoms with Gasteiger partial charge in [0.15, 0.2) is 5.82 Å². The Morgan fingerprint density at radius 2 is 2.26 bits per heavy atom. The number of anilines is 2. The third-order valence-corrected chi connectivity index (χ3v) is 4.27. The van der Waals surface area contributed by atoms with Crippen LogP contribution in [0.5, 0.6) is 5.88 Å². The predicted molar refractivity (Wildman–Crippen MR) is 76.4 cm³/mol. The fraction of sp³-hybridized carbons (Fsp3) is 0.643. The number of methoxy groups -OCH3 is 1. The summed E-state index contributed by atoms with van der Waals surface area (Å²) in [7, 11) is 1.62. The summed E-state index contributed by atoms with van der Waals surface area (Å²) >= 11 is 0. The number of nitrogen functional groups attached to an aromatic ring is 1. The zero-order valence-corrected chi connectivity index (χ0v) is 11.4. The van der Waals surface area contributed by atoms with Gasteiger partial charge in [0.2, 0.25) is 5.88 Å². The van der Waals surface area contributed by atoms with Gasteiger partial charge in [-0.2, -0.15) is 4.98 Å². The molecule has 2 aliphatic heterocycles. The van der Waals surface area contributed by atoms with E-state index in [1.165, 1.54) is 32.4 Å². The van der Waals surface area contributed by atoms with Crippen LogP contribution in [0.25, 0.3) is 0 Å². The van der Waals surface area contributed by atoms with Gasteiger partial charge in [-0.3, -0.25) is 0 Å². The van der Waals surface area contributed by atoms with E-state index in [0.717, 1.165) is 18.3 Å². The van der Waals surface area contributed by atoms with Gasteiger partial charge in [0.05, 0.1) is 12.8 Å². The molecule has 2 fully saturated rings. The molecule has 0 bridgehead atoms. The first kappa shape index (κ1) is 12.5. The van der Waals surface area contributed by atoms with Crippen LogP contribution in [0.15, 0.2) is 12.1 Å². The lowest BCUT2D eigenvalue weighted by Crippen LogP contribution is -2.42. The van der Waals surface area contributed by atoms with Crippen LogP contribution in [0.3, 0.4) is 0 Å². The SMILES string of the molecule is COc1ccc(N)c(NC2CCN3CCCC3C2)n1. The number of piperidine rings is 1. The maximum Gasteiger partial charge on any atom is 0.215 e. The molecule has 3 N–H and O–H groups in total. The Labute approximate surface area is 114 Å². The van der Waals surface area contributed by atoms with Crippen LogP contribution < -0.4 is 15.8 Å². The Kier molecular flexibility index (Phi) is 3.46. The largest absolute Gasteiger partial charge is 0.481 e. The molecule has 3 rings (SSSR count). The zero-order chi connectivity index (χ0) is 13.2. The van der Waals surface area contributed by atoms with Crippen LogP contribution in [-0.4, -0.2) is 42.2 Å². The molecule has 2 saturated heterocycles. The monoisotopic (exact) mass is 262 g/mol. The number of ether oxygens (including phenoxy) is 1. The van der Waals surface area contributed by atoms with Crippen molar-refractivity contribution in [3.8, 4) is 5.88 Å². The van der Waals surface area contributed by atoms with Gasteiger partial charge >= 0.3 is 0 Å². The van der Waals surface area contributed by atoms with Crippen molar-refractivity contribution in [2.45, 2.75) is 37.8 Å². The van der Waals surface area contributed by atoms with Crippen molar-refractivity contribution in [2.75, 3.05) is 31.2 Å². The number of nitrogens with zero attached hydrogens (tertiary/aromatic N) is 2. The quantitative estimate of drug-likeness (QED) is 0.868. The first-order chi connectivity index (χ1) is 9.26. The number of pyridine rings is 1. The molecule has 0 amide bonds. The molecule has 1 aromatic heterocycles. The highest BCUT2D eigenvalue weighted by atomic mass is 16.5. The molecule has 0 saturated carbocycles. The van der Waals surface area contributed by atoms with Crippen LogP contribution in [0.2, 0.25) is 0 Å². The fourth-order valence-corrected chi connectivity index (χ4v) is 3.23. The van der Waals surface area contributed by atoms with Gasteiger partial charge in [-0.05, 0) is 38.3 Å².